The van der Waals surface area contributed by atoms with Crippen LogP contribution in [0.3, 0.4) is 0 Å². The van der Waals surface area contributed by atoms with Crippen LogP contribution in [0.1, 0.15) is 11.1 Å². The zero-order valence-corrected chi connectivity index (χ0v) is 16.7. The molecule has 144 valence electrons. The summed E-state index contributed by atoms with van der Waals surface area (Å²) in [4.78, 5) is 13.5. The highest BCUT2D eigenvalue weighted by atomic mass is 32.2. The Hall–Kier alpha value is -2.60. The van der Waals surface area contributed by atoms with Gasteiger partial charge in [0.1, 0.15) is 23.0 Å². The number of hydrogen-bond donors (Lipinski definition) is 0. The highest BCUT2D eigenvalue weighted by molar-refractivity contribution is 7.98. The SMILES string of the molecule is Cc1ccc(CSc2cc(N3CCN(c4ccc(F)cc4)CC3)ncn2)cc1. The van der Waals surface area contributed by atoms with Crippen molar-refractivity contribution < 1.29 is 4.39 Å². The molecule has 1 fully saturated rings. The Kier molecular flexibility index (Phi) is 5.76. The molecule has 3 aromatic rings. The summed E-state index contributed by atoms with van der Waals surface area (Å²) in [6, 6.07) is 17.4. The van der Waals surface area contributed by atoms with E-state index in [0.29, 0.717) is 0 Å². The molecule has 28 heavy (non-hydrogen) atoms. The van der Waals surface area contributed by atoms with Gasteiger partial charge in [-0.15, -0.1) is 11.8 Å². The number of piperazine rings is 1. The van der Waals surface area contributed by atoms with Crippen LogP contribution in [0.25, 0.3) is 0 Å². The van der Waals surface area contributed by atoms with Gasteiger partial charge in [0.25, 0.3) is 0 Å². The standard InChI is InChI=1S/C22H23FN4S/c1-17-2-4-18(5-3-17)15-28-22-14-21(24-16-25-22)27-12-10-26(11-13-27)20-8-6-19(23)7-9-20/h2-9,14,16H,10-13,15H2,1H3. The first-order chi connectivity index (χ1) is 13.7. The Morgan fingerprint density at radius 3 is 2.29 bits per heavy atom. The number of thioether (sulfide) groups is 1. The van der Waals surface area contributed by atoms with Gasteiger partial charge in [0, 0.05) is 43.7 Å². The van der Waals surface area contributed by atoms with Gasteiger partial charge in [0.2, 0.25) is 0 Å². The fourth-order valence-corrected chi connectivity index (χ4v) is 4.09. The largest absolute Gasteiger partial charge is 0.368 e. The van der Waals surface area contributed by atoms with Crippen molar-refractivity contribution in [2.45, 2.75) is 17.7 Å². The van der Waals surface area contributed by atoms with E-state index in [0.717, 1.165) is 48.5 Å². The fraction of sp³-hybridized carbons (Fsp3) is 0.273. The molecule has 1 saturated heterocycles. The van der Waals surface area contributed by atoms with E-state index >= 15 is 0 Å². The summed E-state index contributed by atoms with van der Waals surface area (Å²) in [6.45, 7) is 5.65. The number of aromatic nitrogens is 2. The topological polar surface area (TPSA) is 32.3 Å². The second kappa shape index (κ2) is 8.61. The molecule has 1 aromatic heterocycles. The van der Waals surface area contributed by atoms with E-state index in [1.54, 1.807) is 18.1 Å². The molecule has 0 aliphatic carbocycles. The number of hydrogen-bond acceptors (Lipinski definition) is 5. The van der Waals surface area contributed by atoms with Crippen LogP contribution in [0.15, 0.2) is 66.0 Å². The average Bonchev–Trinajstić information content (AvgIpc) is 2.74. The lowest BCUT2D eigenvalue weighted by atomic mass is 10.2. The molecule has 0 spiro atoms. The van der Waals surface area contributed by atoms with E-state index in [4.69, 9.17) is 0 Å². The highest BCUT2D eigenvalue weighted by Crippen LogP contribution is 2.25. The van der Waals surface area contributed by atoms with Crippen molar-refractivity contribution in [3.05, 3.63) is 77.9 Å². The molecular formula is C22H23FN4S. The molecule has 0 unspecified atom stereocenters. The first kappa shape index (κ1) is 18.7. The number of benzene rings is 2. The fourth-order valence-electron chi connectivity index (χ4n) is 3.27. The molecule has 6 heteroatoms. The van der Waals surface area contributed by atoms with Gasteiger partial charge in [0.05, 0.1) is 0 Å². The summed E-state index contributed by atoms with van der Waals surface area (Å²) in [5, 5.41) is 0.992. The second-order valence-electron chi connectivity index (χ2n) is 6.94. The van der Waals surface area contributed by atoms with E-state index in [9.17, 15) is 4.39 Å². The Morgan fingerprint density at radius 2 is 1.57 bits per heavy atom. The number of anilines is 2. The van der Waals surface area contributed by atoms with E-state index in [1.807, 2.05) is 12.1 Å². The van der Waals surface area contributed by atoms with Gasteiger partial charge in [-0.1, -0.05) is 29.8 Å². The Balaban J connectivity index is 1.35. The van der Waals surface area contributed by atoms with Gasteiger partial charge in [-0.05, 0) is 36.8 Å². The van der Waals surface area contributed by atoms with Gasteiger partial charge in [-0.2, -0.15) is 0 Å². The summed E-state index contributed by atoms with van der Waals surface area (Å²) >= 11 is 1.73. The first-order valence-electron chi connectivity index (χ1n) is 9.43. The minimum Gasteiger partial charge on any atom is -0.368 e. The average molecular weight is 395 g/mol. The summed E-state index contributed by atoms with van der Waals surface area (Å²) in [5.41, 5.74) is 3.64. The number of rotatable bonds is 5. The predicted molar refractivity (Wildman–Crippen MR) is 114 cm³/mol. The molecule has 0 radical (unpaired) electrons. The summed E-state index contributed by atoms with van der Waals surface area (Å²) in [6.07, 6.45) is 1.65. The van der Waals surface area contributed by atoms with Gasteiger partial charge < -0.3 is 9.80 Å². The van der Waals surface area contributed by atoms with E-state index in [-0.39, 0.29) is 5.82 Å². The molecular weight excluding hydrogens is 371 g/mol. The van der Waals surface area contributed by atoms with Crippen molar-refractivity contribution in [3.63, 3.8) is 0 Å². The maximum absolute atomic E-state index is 13.1. The molecule has 1 aliphatic heterocycles. The van der Waals surface area contributed by atoms with Crippen LogP contribution >= 0.6 is 11.8 Å². The molecule has 4 rings (SSSR count). The van der Waals surface area contributed by atoms with E-state index < -0.39 is 0 Å². The highest BCUT2D eigenvalue weighted by Gasteiger charge is 2.19. The van der Waals surface area contributed by atoms with Gasteiger partial charge in [-0.3, -0.25) is 0 Å². The quantitative estimate of drug-likeness (QED) is 0.468. The molecule has 0 bridgehead atoms. The lowest BCUT2D eigenvalue weighted by Crippen LogP contribution is -2.46. The minimum atomic E-state index is -0.195. The molecule has 0 atom stereocenters. The normalized spacial score (nSPS) is 14.4. The smallest absolute Gasteiger partial charge is 0.133 e. The van der Waals surface area contributed by atoms with Crippen molar-refractivity contribution in [1.29, 1.82) is 0 Å². The van der Waals surface area contributed by atoms with E-state index in [2.05, 4.69) is 57.0 Å². The van der Waals surface area contributed by atoms with Crippen LogP contribution in [0.2, 0.25) is 0 Å². The van der Waals surface area contributed by atoms with Crippen molar-refractivity contribution in [2.75, 3.05) is 36.0 Å². The van der Waals surface area contributed by atoms with Gasteiger partial charge in [-0.25, -0.2) is 14.4 Å². The zero-order valence-electron chi connectivity index (χ0n) is 15.9. The monoisotopic (exact) mass is 394 g/mol. The van der Waals surface area contributed by atoms with Crippen LogP contribution in [0, 0.1) is 12.7 Å². The van der Waals surface area contributed by atoms with Crippen LogP contribution in [-0.4, -0.2) is 36.1 Å². The zero-order chi connectivity index (χ0) is 19.3. The minimum absolute atomic E-state index is 0.195. The maximum Gasteiger partial charge on any atom is 0.133 e. The number of nitrogens with zero attached hydrogens (tertiary/aromatic N) is 4. The van der Waals surface area contributed by atoms with Gasteiger partial charge >= 0.3 is 0 Å². The van der Waals surface area contributed by atoms with Crippen LogP contribution in [-0.2, 0) is 5.75 Å². The number of halogens is 1. The van der Waals surface area contributed by atoms with Gasteiger partial charge in [0.15, 0.2) is 0 Å². The maximum atomic E-state index is 13.1. The lowest BCUT2D eigenvalue weighted by molar-refractivity contribution is 0.624. The first-order valence-corrected chi connectivity index (χ1v) is 10.4. The summed E-state index contributed by atoms with van der Waals surface area (Å²) < 4.78 is 13.1. The van der Waals surface area contributed by atoms with Crippen molar-refractivity contribution in [1.82, 2.24) is 9.97 Å². The van der Waals surface area contributed by atoms with Crippen LogP contribution in [0.4, 0.5) is 15.9 Å². The Morgan fingerprint density at radius 1 is 0.893 bits per heavy atom. The van der Waals surface area contributed by atoms with Crippen molar-refractivity contribution >= 4 is 23.3 Å². The summed E-state index contributed by atoms with van der Waals surface area (Å²) in [7, 11) is 0. The van der Waals surface area contributed by atoms with Crippen LogP contribution < -0.4 is 9.80 Å². The molecule has 4 nitrogen and oxygen atoms in total. The molecule has 0 saturated carbocycles. The summed E-state index contributed by atoms with van der Waals surface area (Å²) in [5.74, 6) is 1.67. The predicted octanol–water partition coefficient (Wildman–Crippen LogP) is 4.54. The van der Waals surface area contributed by atoms with Crippen molar-refractivity contribution in [2.24, 2.45) is 0 Å². The Labute approximate surface area is 169 Å². The lowest BCUT2D eigenvalue weighted by Gasteiger charge is -2.36. The van der Waals surface area contributed by atoms with Crippen molar-refractivity contribution in [3.8, 4) is 0 Å². The molecule has 1 aliphatic rings. The molecule has 2 heterocycles. The number of aryl methyl sites for hydroxylation is 1. The molecule has 2 aromatic carbocycles. The molecule has 0 N–H and O–H groups in total. The second-order valence-corrected chi connectivity index (χ2v) is 7.93. The van der Waals surface area contributed by atoms with E-state index in [1.165, 1.54) is 23.3 Å². The Bertz CT molecular complexity index is 907. The molecule has 0 amide bonds. The third-order valence-corrected chi connectivity index (χ3v) is 5.93. The third kappa shape index (κ3) is 4.62. The third-order valence-electron chi connectivity index (χ3n) is 4.93. The van der Waals surface area contributed by atoms with Crippen LogP contribution in [0.5, 0.6) is 0 Å².